The van der Waals surface area contributed by atoms with Gasteiger partial charge in [0.2, 0.25) is 0 Å². The van der Waals surface area contributed by atoms with Crippen LogP contribution in [0, 0.1) is 23.2 Å². The molecule has 2 saturated carbocycles. The normalized spacial score (nSPS) is 32.8. The maximum Gasteiger partial charge on any atom is 0.0814 e. The van der Waals surface area contributed by atoms with E-state index in [4.69, 9.17) is 0 Å². The predicted octanol–water partition coefficient (Wildman–Crippen LogP) is 6.63. The van der Waals surface area contributed by atoms with Crippen LogP contribution in [0.15, 0.2) is 35.5 Å². The van der Waals surface area contributed by atoms with E-state index >= 15 is 0 Å². The van der Waals surface area contributed by atoms with Gasteiger partial charge in [-0.1, -0.05) is 56.9 Å². The lowest BCUT2D eigenvalue weighted by molar-refractivity contribution is 0.0479. The molecule has 206 valence electrons. The van der Waals surface area contributed by atoms with Crippen molar-refractivity contribution in [3.63, 3.8) is 0 Å². The molecule has 3 rings (SSSR count). The summed E-state index contributed by atoms with van der Waals surface area (Å²) in [6.07, 6.45) is 16.4. The van der Waals surface area contributed by atoms with E-state index in [1.807, 2.05) is 33.8 Å². The standard InChI is InChI=1S/C32H54O4/c1-22-25(20-26(33)21-29(22)34)14-13-24-12-9-19-32(6)27(15-16-28(24)32)23(10-7-17-30(2,3)35)11-8-18-31(4,5)36/h13,20,23,26-29,33-36H,1,7-12,14-19,21H2,2-6H3/b24-13+/t26-,27-,28+,29+,32-/m1/s1. The number of allylic oxidation sites excluding steroid dienone is 2. The Bertz CT molecular complexity index is 791. The maximum atomic E-state index is 10.3. The lowest BCUT2D eigenvalue weighted by Gasteiger charge is -2.45. The predicted molar refractivity (Wildman–Crippen MR) is 149 cm³/mol. The number of hydrogen-bond donors (Lipinski definition) is 4. The molecule has 0 saturated heterocycles. The summed E-state index contributed by atoms with van der Waals surface area (Å²) < 4.78 is 0. The molecule has 3 aliphatic rings. The van der Waals surface area contributed by atoms with Crippen molar-refractivity contribution in [2.24, 2.45) is 23.2 Å². The van der Waals surface area contributed by atoms with Crippen molar-refractivity contribution in [2.75, 3.05) is 0 Å². The van der Waals surface area contributed by atoms with Crippen LogP contribution in [0.2, 0.25) is 0 Å². The Kier molecular flexibility index (Phi) is 9.74. The van der Waals surface area contributed by atoms with E-state index in [2.05, 4.69) is 19.6 Å². The summed E-state index contributed by atoms with van der Waals surface area (Å²) in [7, 11) is 0. The molecule has 0 bridgehead atoms. The van der Waals surface area contributed by atoms with E-state index in [0.717, 1.165) is 62.5 Å². The highest BCUT2D eigenvalue weighted by atomic mass is 16.3. The molecule has 3 aliphatic carbocycles. The zero-order valence-corrected chi connectivity index (χ0v) is 23.7. The Morgan fingerprint density at radius 2 is 1.67 bits per heavy atom. The lowest BCUT2D eigenvalue weighted by atomic mass is 9.59. The van der Waals surface area contributed by atoms with Crippen molar-refractivity contribution < 1.29 is 20.4 Å². The van der Waals surface area contributed by atoms with Crippen LogP contribution in [-0.4, -0.2) is 43.8 Å². The van der Waals surface area contributed by atoms with E-state index in [9.17, 15) is 20.4 Å². The van der Waals surface area contributed by atoms with Gasteiger partial charge < -0.3 is 20.4 Å². The summed E-state index contributed by atoms with van der Waals surface area (Å²) >= 11 is 0. The van der Waals surface area contributed by atoms with Crippen LogP contribution in [0.25, 0.3) is 0 Å². The molecule has 4 heteroatoms. The summed E-state index contributed by atoms with van der Waals surface area (Å²) in [6.45, 7) is 14.3. The van der Waals surface area contributed by atoms with Crippen molar-refractivity contribution in [3.8, 4) is 0 Å². The molecule has 0 amide bonds. The van der Waals surface area contributed by atoms with Gasteiger partial charge in [0.1, 0.15) is 0 Å². The highest BCUT2D eigenvalue weighted by Gasteiger charge is 2.51. The van der Waals surface area contributed by atoms with Gasteiger partial charge in [-0.05, 0) is 113 Å². The molecule has 0 aliphatic heterocycles. The molecular formula is C32H54O4. The first-order chi connectivity index (χ1) is 16.7. The summed E-state index contributed by atoms with van der Waals surface area (Å²) in [5.41, 5.74) is 2.40. The van der Waals surface area contributed by atoms with Gasteiger partial charge in [-0.3, -0.25) is 0 Å². The van der Waals surface area contributed by atoms with Crippen molar-refractivity contribution >= 4 is 0 Å². The largest absolute Gasteiger partial charge is 0.390 e. The minimum atomic E-state index is -0.639. The first kappa shape index (κ1) is 29.6. The molecule has 0 unspecified atom stereocenters. The average molecular weight is 503 g/mol. The lowest BCUT2D eigenvalue weighted by Crippen LogP contribution is -2.37. The van der Waals surface area contributed by atoms with Gasteiger partial charge in [0.25, 0.3) is 0 Å². The van der Waals surface area contributed by atoms with Crippen molar-refractivity contribution in [1.29, 1.82) is 0 Å². The number of aliphatic hydroxyl groups excluding tert-OH is 2. The molecule has 0 aromatic rings. The number of fused-ring (bicyclic) bond motifs is 1. The quantitative estimate of drug-likeness (QED) is 0.239. The van der Waals surface area contributed by atoms with Gasteiger partial charge in [-0.25, -0.2) is 0 Å². The summed E-state index contributed by atoms with van der Waals surface area (Å²) in [6, 6.07) is 0. The highest BCUT2D eigenvalue weighted by Crippen LogP contribution is 2.60. The molecule has 2 fully saturated rings. The summed E-state index contributed by atoms with van der Waals surface area (Å²) in [4.78, 5) is 0. The maximum absolute atomic E-state index is 10.3. The van der Waals surface area contributed by atoms with Crippen molar-refractivity contribution in [1.82, 2.24) is 0 Å². The molecule has 5 atom stereocenters. The molecule has 0 radical (unpaired) electrons. The van der Waals surface area contributed by atoms with Crippen LogP contribution in [0.3, 0.4) is 0 Å². The minimum Gasteiger partial charge on any atom is -0.390 e. The van der Waals surface area contributed by atoms with Crippen LogP contribution in [0.4, 0.5) is 0 Å². The van der Waals surface area contributed by atoms with Crippen molar-refractivity contribution in [2.45, 2.75) is 141 Å². The molecule has 36 heavy (non-hydrogen) atoms. The highest BCUT2D eigenvalue weighted by molar-refractivity contribution is 5.38. The smallest absolute Gasteiger partial charge is 0.0814 e. The van der Waals surface area contributed by atoms with Crippen LogP contribution >= 0.6 is 0 Å². The zero-order valence-electron chi connectivity index (χ0n) is 23.7. The SMILES string of the molecule is C=C1C(C/C=C2\CCC[C@]3(C)[C@@H](C(CCCC(C)(C)O)CCCC(C)(C)O)CC[C@@H]23)=C[C@@H](O)C[C@@H]1O. The van der Waals surface area contributed by atoms with Crippen LogP contribution in [0.5, 0.6) is 0 Å². The second kappa shape index (κ2) is 11.8. The van der Waals surface area contributed by atoms with Crippen molar-refractivity contribution in [3.05, 3.63) is 35.5 Å². The second-order valence-electron chi connectivity index (χ2n) is 13.8. The topological polar surface area (TPSA) is 80.9 Å². The third kappa shape index (κ3) is 7.79. The Labute approximate surface area is 220 Å². The van der Waals surface area contributed by atoms with E-state index in [-0.39, 0.29) is 0 Å². The molecule has 0 heterocycles. The van der Waals surface area contributed by atoms with Gasteiger partial charge in [0.05, 0.1) is 23.4 Å². The van der Waals surface area contributed by atoms with E-state index < -0.39 is 23.4 Å². The number of hydrogen-bond acceptors (Lipinski definition) is 4. The summed E-state index contributed by atoms with van der Waals surface area (Å²) in [5, 5.41) is 40.9. The number of rotatable bonds is 11. The van der Waals surface area contributed by atoms with Gasteiger partial charge >= 0.3 is 0 Å². The fourth-order valence-electron chi connectivity index (χ4n) is 7.67. The molecule has 0 spiro atoms. The fourth-order valence-corrected chi connectivity index (χ4v) is 7.67. The number of aliphatic hydroxyl groups is 4. The van der Waals surface area contributed by atoms with Gasteiger partial charge in [-0.15, -0.1) is 0 Å². The van der Waals surface area contributed by atoms with Crippen LogP contribution in [-0.2, 0) is 0 Å². The Balaban J connectivity index is 1.74. The third-order valence-electron chi connectivity index (χ3n) is 9.59. The van der Waals surface area contributed by atoms with Crippen LogP contribution in [0.1, 0.15) is 118 Å². The Morgan fingerprint density at radius 3 is 2.25 bits per heavy atom. The molecule has 0 aromatic heterocycles. The van der Waals surface area contributed by atoms with Crippen LogP contribution < -0.4 is 0 Å². The fraction of sp³-hybridized carbons (Fsp3) is 0.812. The Morgan fingerprint density at radius 1 is 1.06 bits per heavy atom. The van der Waals surface area contributed by atoms with E-state index in [1.54, 1.807) is 5.57 Å². The third-order valence-corrected chi connectivity index (χ3v) is 9.59. The minimum absolute atomic E-state index is 0.301. The van der Waals surface area contributed by atoms with Gasteiger partial charge in [0, 0.05) is 6.42 Å². The molecular weight excluding hydrogens is 448 g/mol. The molecule has 4 N–H and O–H groups in total. The summed E-state index contributed by atoms with van der Waals surface area (Å²) in [5.74, 6) is 1.92. The monoisotopic (exact) mass is 502 g/mol. The first-order valence-corrected chi connectivity index (χ1v) is 14.6. The van der Waals surface area contributed by atoms with E-state index in [1.165, 1.54) is 25.7 Å². The van der Waals surface area contributed by atoms with Gasteiger partial charge in [0.15, 0.2) is 0 Å². The average Bonchev–Trinajstić information content (AvgIpc) is 3.10. The molecule has 0 aromatic carbocycles. The van der Waals surface area contributed by atoms with Gasteiger partial charge in [-0.2, -0.15) is 0 Å². The second-order valence-corrected chi connectivity index (χ2v) is 13.8. The first-order valence-electron chi connectivity index (χ1n) is 14.6. The Hall–Kier alpha value is -0.940. The van der Waals surface area contributed by atoms with E-state index in [0.29, 0.717) is 29.6 Å². The zero-order chi connectivity index (χ0) is 26.7. The molecule has 4 nitrogen and oxygen atoms in total.